The molecule has 2 aromatic carbocycles. The van der Waals surface area contributed by atoms with Gasteiger partial charge in [-0.15, -0.1) is 0 Å². The van der Waals surface area contributed by atoms with Crippen molar-refractivity contribution in [3.8, 4) is 5.75 Å². The molecule has 0 radical (unpaired) electrons. The van der Waals surface area contributed by atoms with Gasteiger partial charge in [-0.3, -0.25) is 9.59 Å². The summed E-state index contributed by atoms with van der Waals surface area (Å²) >= 11 is 6.46. The number of nitrogens with one attached hydrogen (secondary N) is 1. The lowest BCUT2D eigenvalue weighted by Crippen LogP contribution is -2.38. The van der Waals surface area contributed by atoms with E-state index in [-0.39, 0.29) is 11.8 Å². The summed E-state index contributed by atoms with van der Waals surface area (Å²) in [5.74, 6) is 0.215. The van der Waals surface area contributed by atoms with E-state index >= 15 is 0 Å². The number of hydrogen-bond acceptors (Lipinski definition) is 6. The average Bonchev–Trinajstić information content (AvgIpc) is 3.32. The number of rotatable bonds is 7. The van der Waals surface area contributed by atoms with Crippen molar-refractivity contribution in [1.82, 2.24) is 14.9 Å². The Morgan fingerprint density at radius 3 is 2.58 bits per heavy atom. The molecule has 33 heavy (non-hydrogen) atoms. The van der Waals surface area contributed by atoms with Crippen molar-refractivity contribution in [2.75, 3.05) is 18.4 Å². The molecule has 0 saturated carbocycles. The highest BCUT2D eigenvalue weighted by molar-refractivity contribution is 6.34. The van der Waals surface area contributed by atoms with Crippen LogP contribution in [0.3, 0.4) is 0 Å². The number of primary amides is 1. The van der Waals surface area contributed by atoms with Crippen LogP contribution in [0.5, 0.6) is 5.75 Å². The van der Waals surface area contributed by atoms with Gasteiger partial charge in [-0.25, -0.2) is 9.97 Å². The fraction of sp³-hybridized carbons (Fsp3) is 0.333. The molecular weight excluding hydrogens is 442 g/mol. The van der Waals surface area contributed by atoms with Gasteiger partial charge < -0.3 is 20.7 Å². The fourth-order valence-corrected chi connectivity index (χ4v) is 4.19. The smallest absolute Gasteiger partial charge is 0.258 e. The Morgan fingerprint density at radius 2 is 1.91 bits per heavy atom. The lowest BCUT2D eigenvalue weighted by Gasteiger charge is -2.21. The van der Waals surface area contributed by atoms with Crippen LogP contribution in [0.4, 0.5) is 11.5 Å². The number of likely N-dealkylation sites (tertiary alicyclic amines) is 1. The van der Waals surface area contributed by atoms with E-state index in [9.17, 15) is 9.59 Å². The van der Waals surface area contributed by atoms with E-state index in [0.717, 1.165) is 25.9 Å². The first-order valence-corrected chi connectivity index (χ1v) is 11.3. The Labute approximate surface area is 197 Å². The van der Waals surface area contributed by atoms with E-state index < -0.39 is 12.0 Å². The predicted molar refractivity (Wildman–Crippen MR) is 128 cm³/mol. The lowest BCUT2D eigenvalue weighted by molar-refractivity contribution is -0.126. The number of hydrogen-bond donors (Lipinski definition) is 2. The Kier molecular flexibility index (Phi) is 6.65. The number of benzene rings is 2. The van der Waals surface area contributed by atoms with Gasteiger partial charge in [0.15, 0.2) is 6.10 Å². The number of ether oxygens (including phenoxy) is 1. The van der Waals surface area contributed by atoms with Crippen molar-refractivity contribution in [3.05, 3.63) is 53.3 Å². The molecule has 4 rings (SSSR count). The number of carbonyl (C=O) groups excluding carboxylic acids is 2. The number of nitrogens with zero attached hydrogens (tertiary/aromatic N) is 3. The van der Waals surface area contributed by atoms with Gasteiger partial charge in [0, 0.05) is 18.8 Å². The van der Waals surface area contributed by atoms with Crippen LogP contribution in [0.1, 0.15) is 37.0 Å². The molecule has 0 bridgehead atoms. The first-order chi connectivity index (χ1) is 15.8. The molecule has 2 amide bonds. The zero-order chi connectivity index (χ0) is 23.5. The van der Waals surface area contributed by atoms with Crippen molar-refractivity contribution in [2.24, 2.45) is 11.7 Å². The van der Waals surface area contributed by atoms with Gasteiger partial charge in [-0.1, -0.05) is 31.5 Å². The number of aromatic nitrogens is 2. The van der Waals surface area contributed by atoms with Gasteiger partial charge in [-0.05, 0) is 49.1 Å². The molecule has 1 saturated heterocycles. The Hall–Kier alpha value is -3.39. The van der Waals surface area contributed by atoms with Crippen LogP contribution >= 0.6 is 11.6 Å². The summed E-state index contributed by atoms with van der Waals surface area (Å²) in [5.41, 5.74) is 7.31. The summed E-state index contributed by atoms with van der Waals surface area (Å²) in [6.07, 6.45) is 2.67. The first-order valence-electron chi connectivity index (χ1n) is 10.9. The fourth-order valence-electron chi connectivity index (χ4n) is 3.92. The highest BCUT2D eigenvalue weighted by Crippen LogP contribution is 2.33. The molecule has 1 aliphatic rings. The molecule has 2 heterocycles. The first kappa shape index (κ1) is 22.8. The Balaban J connectivity index is 1.65. The van der Waals surface area contributed by atoms with Crippen LogP contribution in [0.2, 0.25) is 5.02 Å². The van der Waals surface area contributed by atoms with Crippen LogP contribution in [0, 0.1) is 5.92 Å². The molecule has 0 spiro atoms. The molecule has 172 valence electrons. The zero-order valence-electron chi connectivity index (χ0n) is 18.5. The zero-order valence-corrected chi connectivity index (χ0v) is 19.3. The predicted octanol–water partition coefficient (Wildman–Crippen LogP) is 4.15. The quantitative estimate of drug-likeness (QED) is 0.540. The van der Waals surface area contributed by atoms with Crippen LogP contribution in [0.15, 0.2) is 42.7 Å². The van der Waals surface area contributed by atoms with Crippen LogP contribution in [-0.2, 0) is 4.79 Å². The van der Waals surface area contributed by atoms with E-state index in [4.69, 9.17) is 22.1 Å². The van der Waals surface area contributed by atoms with Crippen LogP contribution < -0.4 is 15.8 Å². The molecule has 8 nitrogen and oxygen atoms in total. The molecule has 0 aliphatic carbocycles. The number of halogens is 1. The van der Waals surface area contributed by atoms with Crippen molar-refractivity contribution < 1.29 is 14.3 Å². The lowest BCUT2D eigenvalue weighted by atomic mass is 10.1. The molecule has 3 aromatic rings. The second kappa shape index (κ2) is 9.62. The van der Waals surface area contributed by atoms with Crippen molar-refractivity contribution in [3.63, 3.8) is 0 Å². The Bertz CT molecular complexity index is 1190. The largest absolute Gasteiger partial charge is 0.479 e. The third-order valence-electron chi connectivity index (χ3n) is 5.62. The monoisotopic (exact) mass is 467 g/mol. The molecule has 3 N–H and O–H groups in total. The average molecular weight is 468 g/mol. The van der Waals surface area contributed by atoms with Crippen molar-refractivity contribution in [1.29, 1.82) is 0 Å². The van der Waals surface area contributed by atoms with Crippen LogP contribution in [-0.4, -0.2) is 45.9 Å². The molecule has 0 unspecified atom stereocenters. The summed E-state index contributed by atoms with van der Waals surface area (Å²) in [4.78, 5) is 35.1. The number of nitrogens with two attached hydrogens (primary N) is 1. The van der Waals surface area contributed by atoms with Crippen molar-refractivity contribution in [2.45, 2.75) is 32.8 Å². The van der Waals surface area contributed by atoms with Gasteiger partial charge in [0.25, 0.3) is 11.8 Å². The molecule has 1 aromatic heterocycles. The standard InChI is InChI=1S/C24H26ClN5O3/c1-14(2)21(22(26)31)33-19-7-5-6-18-20(19)23(28-13-27-18)29-15-8-9-16(17(25)12-15)24(32)30-10-3-4-11-30/h5-9,12-14,21H,3-4,10-11H2,1-2H3,(H2,26,31)(H,27,28,29)/t21-/m1/s1. The van der Waals surface area contributed by atoms with Gasteiger partial charge in [0.1, 0.15) is 17.9 Å². The number of anilines is 2. The summed E-state index contributed by atoms with van der Waals surface area (Å²) in [6, 6.07) is 10.6. The highest BCUT2D eigenvalue weighted by Gasteiger charge is 2.24. The molecule has 1 aliphatic heterocycles. The SMILES string of the molecule is CC(C)[C@@H](Oc1cccc2ncnc(Nc3ccc(C(=O)N4CCCC4)c(Cl)c3)c12)C(N)=O. The Morgan fingerprint density at radius 1 is 1.15 bits per heavy atom. The maximum atomic E-state index is 12.7. The second-order valence-electron chi connectivity index (χ2n) is 8.38. The van der Waals surface area contributed by atoms with Gasteiger partial charge in [0.2, 0.25) is 0 Å². The maximum Gasteiger partial charge on any atom is 0.258 e. The molecule has 9 heteroatoms. The van der Waals surface area contributed by atoms with Gasteiger partial charge in [-0.2, -0.15) is 0 Å². The number of amides is 2. The van der Waals surface area contributed by atoms with Crippen LogP contribution in [0.25, 0.3) is 10.9 Å². The topological polar surface area (TPSA) is 110 Å². The van der Waals surface area contributed by atoms with Crippen molar-refractivity contribution >= 4 is 45.8 Å². The minimum Gasteiger partial charge on any atom is -0.479 e. The van der Waals surface area contributed by atoms with E-state index in [1.54, 1.807) is 30.3 Å². The molecule has 1 atom stereocenters. The van der Waals surface area contributed by atoms with E-state index in [2.05, 4.69) is 15.3 Å². The minimum absolute atomic E-state index is 0.0570. The van der Waals surface area contributed by atoms with E-state index in [0.29, 0.717) is 38.7 Å². The number of carbonyl (C=O) groups is 2. The summed E-state index contributed by atoms with van der Waals surface area (Å²) in [7, 11) is 0. The molecule has 1 fully saturated rings. The number of fused-ring (bicyclic) bond motifs is 1. The van der Waals surface area contributed by atoms with Gasteiger partial charge >= 0.3 is 0 Å². The third-order valence-corrected chi connectivity index (χ3v) is 5.93. The second-order valence-corrected chi connectivity index (χ2v) is 8.78. The van der Waals surface area contributed by atoms with Gasteiger partial charge in [0.05, 0.1) is 21.5 Å². The van der Waals surface area contributed by atoms with E-state index in [1.165, 1.54) is 6.33 Å². The normalized spacial score (nSPS) is 14.5. The van der Waals surface area contributed by atoms with E-state index in [1.807, 2.05) is 24.8 Å². The minimum atomic E-state index is -0.797. The third kappa shape index (κ3) is 4.85. The highest BCUT2D eigenvalue weighted by atomic mass is 35.5. The summed E-state index contributed by atoms with van der Waals surface area (Å²) < 4.78 is 5.99. The summed E-state index contributed by atoms with van der Waals surface area (Å²) in [6.45, 7) is 5.24. The molecular formula is C24H26ClN5O3. The summed E-state index contributed by atoms with van der Waals surface area (Å²) in [5, 5.41) is 4.21. The maximum absolute atomic E-state index is 12.7.